The van der Waals surface area contributed by atoms with E-state index in [0.29, 0.717) is 5.11 Å². The third kappa shape index (κ3) is 4.92. The van der Waals surface area contributed by atoms with E-state index in [4.69, 9.17) is 17.0 Å². The molecule has 0 amide bonds. The minimum atomic E-state index is -0.958. The van der Waals surface area contributed by atoms with Crippen molar-refractivity contribution >= 4 is 29.0 Å². The molecule has 3 heterocycles. The maximum absolute atomic E-state index is 11.4. The topological polar surface area (TPSA) is 79.6 Å². The Morgan fingerprint density at radius 1 is 0.875 bits per heavy atom. The normalized spacial score (nSPS) is 16.5. The van der Waals surface area contributed by atoms with Crippen molar-refractivity contribution in [2.45, 2.75) is 19.0 Å². The molecule has 0 radical (unpaired) electrons. The number of carbonyl (C=O) groups is 1. The quantitative estimate of drug-likeness (QED) is 0.216. The highest BCUT2D eigenvalue weighted by molar-refractivity contribution is 7.80. The molecule has 40 heavy (non-hydrogen) atoms. The number of hydrogen-bond donors (Lipinski definition) is 2. The molecule has 0 bridgehead atoms. The first-order valence-electron chi connectivity index (χ1n) is 12.8. The number of benzene rings is 3. The molecule has 2 N–H and O–H groups in total. The lowest BCUT2D eigenvalue weighted by Gasteiger charge is -2.29. The van der Waals surface area contributed by atoms with Crippen LogP contribution in [0.3, 0.4) is 0 Å². The van der Waals surface area contributed by atoms with Gasteiger partial charge in [-0.05, 0) is 104 Å². The van der Waals surface area contributed by atoms with Gasteiger partial charge in [0.2, 0.25) is 0 Å². The van der Waals surface area contributed by atoms with Gasteiger partial charge in [0.25, 0.3) is 0 Å². The molecule has 0 aliphatic carbocycles. The van der Waals surface area contributed by atoms with E-state index in [1.165, 1.54) is 5.56 Å². The van der Waals surface area contributed by atoms with Crippen LogP contribution in [0.25, 0.3) is 5.69 Å². The first-order valence-corrected chi connectivity index (χ1v) is 13.2. The molecule has 1 saturated heterocycles. The Bertz CT molecular complexity index is 1650. The fourth-order valence-electron chi connectivity index (χ4n) is 4.99. The average molecular weight is 547 g/mol. The zero-order chi connectivity index (χ0) is 27.6. The molecule has 198 valence electrons. The monoisotopic (exact) mass is 546 g/mol. The van der Waals surface area contributed by atoms with Crippen LogP contribution in [0, 0.1) is 6.92 Å². The number of thiocarbonyl (C=S) groups is 1. The van der Waals surface area contributed by atoms with Gasteiger partial charge in [-0.25, -0.2) is 4.79 Å². The summed E-state index contributed by atoms with van der Waals surface area (Å²) in [5.41, 5.74) is 5.02. The van der Waals surface area contributed by atoms with Gasteiger partial charge in [-0.3, -0.25) is 4.98 Å². The van der Waals surface area contributed by atoms with Crippen molar-refractivity contribution in [3.63, 3.8) is 0 Å². The minimum Gasteiger partial charge on any atom is -0.478 e. The number of hydrogen-bond acceptors (Lipinski definition) is 4. The number of carboxylic acids is 1. The number of anilines is 1. The van der Waals surface area contributed by atoms with E-state index < -0.39 is 5.97 Å². The Labute approximate surface area is 237 Å². The van der Waals surface area contributed by atoms with Crippen molar-refractivity contribution in [3.8, 4) is 17.2 Å². The van der Waals surface area contributed by atoms with Crippen molar-refractivity contribution in [3.05, 3.63) is 138 Å². The van der Waals surface area contributed by atoms with Crippen molar-refractivity contribution in [1.29, 1.82) is 0 Å². The Kier molecular flexibility index (Phi) is 6.76. The van der Waals surface area contributed by atoms with Crippen LogP contribution in [0.4, 0.5) is 5.69 Å². The summed E-state index contributed by atoms with van der Waals surface area (Å²) in [4.78, 5) is 18.1. The van der Waals surface area contributed by atoms with Crippen LogP contribution in [0.15, 0.2) is 116 Å². The molecular formula is C32H26N4O3S. The Morgan fingerprint density at radius 3 is 2.20 bits per heavy atom. The Hall–Kier alpha value is -4.95. The highest BCUT2D eigenvalue weighted by atomic mass is 32.1. The van der Waals surface area contributed by atoms with Gasteiger partial charge in [-0.2, -0.15) is 0 Å². The summed E-state index contributed by atoms with van der Waals surface area (Å²) < 4.78 is 8.11. The molecule has 1 aliphatic heterocycles. The molecule has 1 aliphatic rings. The SMILES string of the molecule is Cc1ccc(Oc2ccc(N3C(=S)N[C@H](c4ccccn4)[C@@H]3c3cccn3-c3ccc(C(=O)O)cc3)cc2)cc1. The van der Waals surface area contributed by atoms with Gasteiger partial charge in [0, 0.05) is 29.5 Å². The minimum absolute atomic E-state index is 0.218. The molecule has 1 fully saturated rings. The lowest BCUT2D eigenvalue weighted by molar-refractivity contribution is 0.0697. The number of rotatable bonds is 7. The number of carboxylic acid groups (broad SMARTS) is 1. The summed E-state index contributed by atoms with van der Waals surface area (Å²) in [6.45, 7) is 2.04. The number of nitrogens with zero attached hydrogens (tertiary/aromatic N) is 3. The number of aryl methyl sites for hydroxylation is 1. The second kappa shape index (κ2) is 10.7. The predicted octanol–water partition coefficient (Wildman–Crippen LogP) is 6.85. The summed E-state index contributed by atoms with van der Waals surface area (Å²) >= 11 is 5.89. The van der Waals surface area contributed by atoms with Crippen molar-refractivity contribution in [2.24, 2.45) is 0 Å². The van der Waals surface area contributed by atoms with Gasteiger partial charge in [0.05, 0.1) is 17.3 Å². The number of aromatic carboxylic acids is 1. The van der Waals surface area contributed by atoms with Crippen LogP contribution in [0.2, 0.25) is 0 Å². The van der Waals surface area contributed by atoms with Gasteiger partial charge in [0.15, 0.2) is 5.11 Å². The molecule has 2 atom stereocenters. The van der Waals surface area contributed by atoms with E-state index in [2.05, 4.69) is 25.8 Å². The molecule has 5 aromatic rings. The lowest BCUT2D eigenvalue weighted by atomic mass is 10.0. The molecule has 0 spiro atoms. The van der Waals surface area contributed by atoms with Gasteiger partial charge in [-0.15, -0.1) is 0 Å². The van der Waals surface area contributed by atoms with Crippen LogP contribution in [0.1, 0.15) is 39.4 Å². The van der Waals surface area contributed by atoms with Crippen LogP contribution >= 0.6 is 12.2 Å². The molecular weight excluding hydrogens is 520 g/mol. The fraction of sp³-hybridized carbons (Fsp3) is 0.0938. The maximum Gasteiger partial charge on any atom is 0.335 e. The third-order valence-corrected chi connectivity index (χ3v) is 7.26. The van der Waals surface area contributed by atoms with E-state index in [1.807, 2.05) is 98.0 Å². The number of pyridine rings is 1. The fourth-order valence-corrected chi connectivity index (χ4v) is 5.33. The number of ether oxygens (including phenoxy) is 1. The van der Waals surface area contributed by atoms with E-state index in [9.17, 15) is 9.90 Å². The summed E-state index contributed by atoms with van der Waals surface area (Å²) in [6.07, 6.45) is 3.75. The average Bonchev–Trinajstić information content (AvgIpc) is 3.59. The van der Waals surface area contributed by atoms with E-state index >= 15 is 0 Å². The molecule has 6 rings (SSSR count). The van der Waals surface area contributed by atoms with E-state index in [1.54, 1.807) is 18.3 Å². The van der Waals surface area contributed by atoms with Gasteiger partial charge in [-0.1, -0.05) is 23.8 Å². The standard InChI is InChI=1S/C32H26N4O3S/c1-21-7-15-25(16-8-21)39-26-17-13-24(14-18-26)36-30(29(34-32(36)40)27-5-2-3-19-33-27)28-6-4-20-35(28)23-11-9-22(10-12-23)31(37)38/h2-20,29-30H,1H3,(H,34,40)(H,37,38)/t29-,30+/m1/s1. The Balaban J connectivity index is 1.38. The molecule has 7 nitrogen and oxygen atoms in total. The summed E-state index contributed by atoms with van der Waals surface area (Å²) in [5, 5.41) is 13.4. The highest BCUT2D eigenvalue weighted by Crippen LogP contribution is 2.42. The molecule has 0 unspecified atom stereocenters. The summed E-state index contributed by atoms with van der Waals surface area (Å²) in [7, 11) is 0. The van der Waals surface area contributed by atoms with Crippen molar-refractivity contribution < 1.29 is 14.6 Å². The van der Waals surface area contributed by atoms with Crippen LogP contribution in [-0.4, -0.2) is 25.7 Å². The molecule has 0 saturated carbocycles. The number of aromatic nitrogens is 2. The van der Waals surface area contributed by atoms with E-state index in [-0.39, 0.29) is 17.6 Å². The van der Waals surface area contributed by atoms with Gasteiger partial charge >= 0.3 is 5.97 Å². The Morgan fingerprint density at radius 2 is 1.55 bits per heavy atom. The van der Waals surface area contributed by atoms with Gasteiger partial charge < -0.3 is 24.6 Å². The zero-order valence-corrected chi connectivity index (χ0v) is 22.5. The second-order valence-electron chi connectivity index (χ2n) is 9.56. The molecule has 8 heteroatoms. The number of nitrogens with one attached hydrogen (secondary N) is 1. The molecule has 3 aromatic carbocycles. The van der Waals surface area contributed by atoms with Crippen molar-refractivity contribution in [2.75, 3.05) is 4.90 Å². The highest BCUT2D eigenvalue weighted by Gasteiger charge is 2.42. The van der Waals surface area contributed by atoms with Crippen LogP contribution in [-0.2, 0) is 0 Å². The lowest BCUT2D eigenvalue weighted by Crippen LogP contribution is -2.30. The summed E-state index contributed by atoms with van der Waals surface area (Å²) in [5.74, 6) is 0.544. The summed E-state index contributed by atoms with van der Waals surface area (Å²) in [6, 6.07) is 32.1. The third-order valence-electron chi connectivity index (χ3n) is 6.95. The zero-order valence-electron chi connectivity index (χ0n) is 21.6. The first kappa shape index (κ1) is 25.3. The second-order valence-corrected chi connectivity index (χ2v) is 9.95. The molecule has 2 aromatic heterocycles. The smallest absolute Gasteiger partial charge is 0.335 e. The largest absolute Gasteiger partial charge is 0.478 e. The van der Waals surface area contributed by atoms with Gasteiger partial charge in [0.1, 0.15) is 17.5 Å². The first-order chi connectivity index (χ1) is 19.5. The van der Waals surface area contributed by atoms with Crippen molar-refractivity contribution in [1.82, 2.24) is 14.9 Å². The van der Waals surface area contributed by atoms with E-state index in [0.717, 1.165) is 34.3 Å². The van der Waals surface area contributed by atoms with Crippen LogP contribution in [0.5, 0.6) is 11.5 Å². The predicted molar refractivity (Wildman–Crippen MR) is 158 cm³/mol. The van der Waals surface area contributed by atoms with Crippen LogP contribution < -0.4 is 15.0 Å². The maximum atomic E-state index is 11.4.